The number of nitrogens with one attached hydrogen (secondary N) is 2. The average Bonchev–Trinajstić information content (AvgIpc) is 3.20. The number of imide groups is 1. The van der Waals surface area contributed by atoms with Gasteiger partial charge >= 0.3 is 0 Å². The summed E-state index contributed by atoms with van der Waals surface area (Å²) >= 11 is 6.30. The summed E-state index contributed by atoms with van der Waals surface area (Å²) in [7, 11) is 1.53. The minimum atomic E-state index is -1.28. The van der Waals surface area contributed by atoms with E-state index in [1.807, 2.05) is 0 Å². The molecule has 0 aromatic heterocycles. The van der Waals surface area contributed by atoms with Crippen LogP contribution in [0.1, 0.15) is 25.8 Å². The number of para-hydroxylation sites is 1. The number of likely N-dealkylation sites (tertiary alicyclic amines) is 1. The second kappa shape index (κ2) is 6.83. The molecule has 150 valence electrons. The maximum atomic E-state index is 13.3. The molecule has 0 saturated carbocycles. The molecule has 7 nitrogen and oxygen atoms in total. The fourth-order valence-corrected chi connectivity index (χ4v) is 5.19. The van der Waals surface area contributed by atoms with Crippen molar-refractivity contribution in [3.05, 3.63) is 28.8 Å². The maximum Gasteiger partial charge on any atom is 0.250 e. The molecule has 1 aromatic rings. The molecule has 0 radical (unpaired) electrons. The Bertz CT molecular complexity index is 858. The van der Waals surface area contributed by atoms with Crippen LogP contribution in [-0.4, -0.2) is 48.9 Å². The molecule has 4 rings (SSSR count). The second-order valence-corrected chi connectivity index (χ2v) is 8.54. The SMILES string of the molecule is COCCN1C(=O)[C@H]2[C@@H](C1=O)[C@]1(N[C@@H]2CC(C)C)C(=O)Nc2c(Cl)cccc21. The minimum Gasteiger partial charge on any atom is -0.383 e. The first-order chi connectivity index (χ1) is 13.3. The zero-order valence-corrected chi connectivity index (χ0v) is 16.9. The fourth-order valence-electron chi connectivity index (χ4n) is 4.97. The number of hydrogen-bond donors (Lipinski definition) is 2. The van der Waals surface area contributed by atoms with Gasteiger partial charge in [0.2, 0.25) is 17.7 Å². The molecule has 2 fully saturated rings. The predicted octanol–water partition coefficient (Wildman–Crippen LogP) is 1.75. The molecule has 2 saturated heterocycles. The van der Waals surface area contributed by atoms with E-state index in [9.17, 15) is 14.4 Å². The van der Waals surface area contributed by atoms with Gasteiger partial charge in [-0.2, -0.15) is 0 Å². The summed E-state index contributed by atoms with van der Waals surface area (Å²) in [6, 6.07) is 4.99. The highest BCUT2D eigenvalue weighted by Crippen LogP contribution is 2.54. The normalized spacial score (nSPS) is 31.1. The Kier molecular flexibility index (Phi) is 4.72. The number of carbonyl (C=O) groups excluding carboxylic acids is 3. The van der Waals surface area contributed by atoms with Crippen molar-refractivity contribution in [1.29, 1.82) is 0 Å². The molecule has 1 spiro atoms. The highest BCUT2D eigenvalue weighted by molar-refractivity contribution is 6.35. The van der Waals surface area contributed by atoms with Gasteiger partial charge in [-0.1, -0.05) is 37.6 Å². The number of ether oxygens (including phenoxy) is 1. The van der Waals surface area contributed by atoms with Crippen LogP contribution >= 0.6 is 11.6 Å². The quantitative estimate of drug-likeness (QED) is 0.729. The number of fused-ring (bicyclic) bond motifs is 4. The molecular weight excluding hydrogens is 382 g/mol. The molecule has 2 N–H and O–H groups in total. The first kappa shape index (κ1) is 19.4. The Morgan fingerprint density at radius 2 is 2.00 bits per heavy atom. The molecule has 8 heteroatoms. The van der Waals surface area contributed by atoms with E-state index in [0.29, 0.717) is 28.6 Å². The lowest BCUT2D eigenvalue weighted by Gasteiger charge is -2.29. The van der Waals surface area contributed by atoms with Crippen molar-refractivity contribution in [2.24, 2.45) is 17.8 Å². The zero-order valence-electron chi connectivity index (χ0n) is 16.1. The first-order valence-corrected chi connectivity index (χ1v) is 9.93. The number of hydrogen-bond acceptors (Lipinski definition) is 5. The number of halogens is 1. The van der Waals surface area contributed by atoms with E-state index in [0.717, 1.165) is 0 Å². The van der Waals surface area contributed by atoms with Crippen molar-refractivity contribution in [2.45, 2.75) is 31.8 Å². The van der Waals surface area contributed by atoms with Crippen molar-refractivity contribution in [2.75, 3.05) is 25.6 Å². The Hall–Kier alpha value is -1.96. The van der Waals surface area contributed by atoms with Crippen LogP contribution in [0.25, 0.3) is 0 Å². The predicted molar refractivity (Wildman–Crippen MR) is 104 cm³/mol. The summed E-state index contributed by atoms with van der Waals surface area (Å²) in [6.45, 7) is 4.58. The number of methoxy groups -OCH3 is 1. The number of nitrogens with zero attached hydrogens (tertiary/aromatic N) is 1. The van der Waals surface area contributed by atoms with E-state index in [1.54, 1.807) is 18.2 Å². The van der Waals surface area contributed by atoms with E-state index < -0.39 is 17.4 Å². The molecule has 3 aliphatic heterocycles. The number of amides is 3. The lowest BCUT2D eigenvalue weighted by Crippen LogP contribution is -2.53. The van der Waals surface area contributed by atoms with Gasteiger partial charge in [0, 0.05) is 18.7 Å². The molecule has 3 heterocycles. The fraction of sp³-hybridized carbons (Fsp3) is 0.550. The molecule has 0 unspecified atom stereocenters. The van der Waals surface area contributed by atoms with Crippen molar-refractivity contribution in [3.8, 4) is 0 Å². The monoisotopic (exact) mass is 405 g/mol. The number of rotatable bonds is 5. The number of carbonyl (C=O) groups is 3. The molecule has 28 heavy (non-hydrogen) atoms. The van der Waals surface area contributed by atoms with E-state index >= 15 is 0 Å². The van der Waals surface area contributed by atoms with Crippen LogP contribution in [0, 0.1) is 17.8 Å². The smallest absolute Gasteiger partial charge is 0.250 e. The van der Waals surface area contributed by atoms with Crippen LogP contribution < -0.4 is 10.6 Å². The van der Waals surface area contributed by atoms with Crippen LogP contribution in [0.3, 0.4) is 0 Å². The Morgan fingerprint density at radius 3 is 2.68 bits per heavy atom. The zero-order chi connectivity index (χ0) is 20.2. The van der Waals surface area contributed by atoms with Gasteiger partial charge < -0.3 is 10.1 Å². The Balaban J connectivity index is 1.84. The molecule has 1 aromatic carbocycles. The van der Waals surface area contributed by atoms with Gasteiger partial charge in [0.15, 0.2) is 0 Å². The highest BCUT2D eigenvalue weighted by atomic mass is 35.5. The van der Waals surface area contributed by atoms with E-state index in [1.165, 1.54) is 12.0 Å². The number of benzene rings is 1. The highest BCUT2D eigenvalue weighted by Gasteiger charge is 2.70. The van der Waals surface area contributed by atoms with Crippen molar-refractivity contribution < 1.29 is 19.1 Å². The van der Waals surface area contributed by atoms with Crippen LogP contribution in [0.15, 0.2) is 18.2 Å². The van der Waals surface area contributed by atoms with Crippen LogP contribution in [0.2, 0.25) is 5.02 Å². The van der Waals surface area contributed by atoms with Gasteiger partial charge in [0.05, 0.1) is 35.7 Å². The summed E-state index contributed by atoms with van der Waals surface area (Å²) in [4.78, 5) is 41.0. The lowest BCUT2D eigenvalue weighted by molar-refractivity contribution is -0.143. The molecule has 3 amide bonds. The van der Waals surface area contributed by atoms with Gasteiger partial charge in [0.25, 0.3) is 0 Å². The molecule has 4 atom stereocenters. The summed E-state index contributed by atoms with van der Waals surface area (Å²) in [5.41, 5.74) is -0.124. The van der Waals surface area contributed by atoms with Crippen molar-refractivity contribution in [1.82, 2.24) is 10.2 Å². The Morgan fingerprint density at radius 1 is 1.25 bits per heavy atom. The third kappa shape index (κ3) is 2.53. The van der Waals surface area contributed by atoms with E-state index in [-0.39, 0.29) is 36.9 Å². The standard InChI is InChI=1S/C20H24ClN3O4/c1-10(2)9-13-14-15(18(26)24(17(14)25)7-8-28-3)20(23-13)11-5-4-6-12(21)16(11)22-19(20)27/h4-6,10,13-15,23H,7-9H2,1-3H3,(H,22,27)/t13-,14-,15+,20+/m1/s1. The van der Waals surface area contributed by atoms with Crippen molar-refractivity contribution in [3.63, 3.8) is 0 Å². The summed E-state index contributed by atoms with van der Waals surface area (Å²) in [5.74, 6) is -1.96. The molecular formula is C20H24ClN3O4. The molecule has 0 bridgehead atoms. The van der Waals surface area contributed by atoms with Gasteiger partial charge in [0.1, 0.15) is 5.54 Å². The van der Waals surface area contributed by atoms with Crippen LogP contribution in [-0.2, 0) is 24.7 Å². The van der Waals surface area contributed by atoms with E-state index in [4.69, 9.17) is 16.3 Å². The van der Waals surface area contributed by atoms with Crippen molar-refractivity contribution >= 4 is 35.0 Å². The van der Waals surface area contributed by atoms with Gasteiger partial charge in [-0.3, -0.25) is 24.6 Å². The Labute approximate surface area is 168 Å². The summed E-state index contributed by atoms with van der Waals surface area (Å²) < 4.78 is 5.07. The van der Waals surface area contributed by atoms with Gasteiger partial charge in [-0.25, -0.2) is 0 Å². The van der Waals surface area contributed by atoms with E-state index in [2.05, 4.69) is 24.5 Å². The minimum absolute atomic E-state index is 0.190. The summed E-state index contributed by atoms with van der Waals surface area (Å²) in [6.07, 6.45) is 0.684. The largest absolute Gasteiger partial charge is 0.383 e. The second-order valence-electron chi connectivity index (χ2n) is 8.13. The molecule has 3 aliphatic rings. The first-order valence-electron chi connectivity index (χ1n) is 9.55. The van der Waals surface area contributed by atoms with Crippen LogP contribution in [0.4, 0.5) is 5.69 Å². The topological polar surface area (TPSA) is 87.7 Å². The van der Waals surface area contributed by atoms with Gasteiger partial charge in [-0.05, 0) is 18.4 Å². The third-order valence-corrected chi connectivity index (χ3v) is 6.35. The third-order valence-electron chi connectivity index (χ3n) is 6.03. The maximum absolute atomic E-state index is 13.3. The summed E-state index contributed by atoms with van der Waals surface area (Å²) in [5, 5.41) is 6.66. The lowest BCUT2D eigenvalue weighted by atomic mass is 9.76. The van der Waals surface area contributed by atoms with Crippen LogP contribution in [0.5, 0.6) is 0 Å². The number of anilines is 1. The average molecular weight is 406 g/mol. The van der Waals surface area contributed by atoms with Gasteiger partial charge in [-0.15, -0.1) is 0 Å². The molecule has 0 aliphatic carbocycles.